The molecule has 4 rings (SSSR count). The van der Waals surface area contributed by atoms with Gasteiger partial charge in [0.05, 0.1) is 18.0 Å². The number of nitrogens with one attached hydrogen (secondary N) is 1. The predicted octanol–water partition coefficient (Wildman–Crippen LogP) is 3.72. The van der Waals surface area contributed by atoms with Gasteiger partial charge in [-0.3, -0.25) is 24.3 Å². The molecule has 0 saturated carbocycles. The van der Waals surface area contributed by atoms with Crippen molar-refractivity contribution in [2.45, 2.75) is 13.1 Å². The lowest BCUT2D eigenvalue weighted by Crippen LogP contribution is -2.12. The van der Waals surface area contributed by atoms with Gasteiger partial charge in [0, 0.05) is 6.20 Å². The van der Waals surface area contributed by atoms with Gasteiger partial charge in [-0.2, -0.15) is 10.2 Å². The predicted molar refractivity (Wildman–Crippen MR) is 107 cm³/mol. The summed E-state index contributed by atoms with van der Waals surface area (Å²) in [6.45, 7) is 0.463. The second-order valence-electron chi connectivity index (χ2n) is 6.52. The van der Waals surface area contributed by atoms with Gasteiger partial charge in [0.1, 0.15) is 29.0 Å². The van der Waals surface area contributed by atoms with Gasteiger partial charge in [0.15, 0.2) is 11.6 Å². The van der Waals surface area contributed by atoms with E-state index in [4.69, 9.17) is 16.0 Å². The number of hydrogen-bond donors (Lipinski definition) is 1. The molecule has 0 aliphatic carbocycles. The first-order chi connectivity index (χ1) is 14.9. The van der Waals surface area contributed by atoms with Crippen molar-refractivity contribution in [1.82, 2.24) is 19.6 Å². The normalized spacial score (nSPS) is 10.9. The fraction of sp³-hybridized carbons (Fsp3) is 0.105. The highest BCUT2D eigenvalue weighted by Gasteiger charge is 2.17. The molecule has 10 nitrogen and oxygen atoms in total. The minimum Gasteiger partial charge on any atom is -0.454 e. The Morgan fingerprint density at radius 1 is 1.16 bits per heavy atom. The Labute approximate surface area is 179 Å². The summed E-state index contributed by atoms with van der Waals surface area (Å²) >= 11 is 6.15. The van der Waals surface area contributed by atoms with Gasteiger partial charge >= 0.3 is 5.69 Å². The molecule has 1 aromatic carbocycles. The smallest absolute Gasteiger partial charge is 0.307 e. The highest BCUT2D eigenvalue weighted by Crippen LogP contribution is 2.21. The number of nitrogens with zero attached hydrogens (tertiary/aromatic N) is 5. The maximum Gasteiger partial charge on any atom is 0.307 e. The highest BCUT2D eigenvalue weighted by atomic mass is 35.5. The van der Waals surface area contributed by atoms with E-state index < -0.39 is 10.8 Å². The Bertz CT molecular complexity index is 1250. The third kappa shape index (κ3) is 4.78. The molecule has 0 aliphatic heterocycles. The minimum atomic E-state index is -0.563. The lowest BCUT2D eigenvalue weighted by molar-refractivity contribution is -0.385. The van der Waals surface area contributed by atoms with Gasteiger partial charge in [-0.1, -0.05) is 23.7 Å². The monoisotopic (exact) mass is 444 g/mol. The van der Waals surface area contributed by atoms with Crippen LogP contribution < -0.4 is 5.32 Å². The molecule has 0 radical (unpaired) electrons. The van der Waals surface area contributed by atoms with Crippen LogP contribution in [0.1, 0.15) is 21.9 Å². The quantitative estimate of drug-likeness (QED) is 0.342. The molecule has 0 aliphatic rings. The second-order valence-corrected chi connectivity index (χ2v) is 6.93. The van der Waals surface area contributed by atoms with Crippen LogP contribution in [0.3, 0.4) is 0 Å². The molecule has 0 spiro atoms. The van der Waals surface area contributed by atoms with Crippen LogP contribution >= 0.6 is 11.6 Å². The summed E-state index contributed by atoms with van der Waals surface area (Å²) in [4.78, 5) is 22.6. The molecular weight excluding hydrogens is 431 g/mol. The summed E-state index contributed by atoms with van der Waals surface area (Å²) in [6, 6.07) is 8.98. The summed E-state index contributed by atoms with van der Waals surface area (Å²) in [6.07, 6.45) is 3.93. The minimum absolute atomic E-state index is 0.0146. The van der Waals surface area contributed by atoms with Crippen molar-refractivity contribution in [3.8, 4) is 0 Å². The molecule has 0 unspecified atom stereocenters. The zero-order chi connectivity index (χ0) is 22.0. The molecule has 4 aromatic rings. The number of furan rings is 1. The first-order valence-corrected chi connectivity index (χ1v) is 9.29. The number of rotatable bonds is 7. The molecule has 0 atom stereocenters. The van der Waals surface area contributed by atoms with Gasteiger partial charge in [0.25, 0.3) is 5.91 Å². The van der Waals surface area contributed by atoms with Gasteiger partial charge in [-0.25, -0.2) is 4.39 Å². The van der Waals surface area contributed by atoms with E-state index in [0.29, 0.717) is 12.3 Å². The van der Waals surface area contributed by atoms with Crippen LogP contribution in [0.25, 0.3) is 0 Å². The molecule has 0 bridgehead atoms. The molecule has 1 N–H and O–H groups in total. The third-order valence-corrected chi connectivity index (χ3v) is 4.52. The first kappa shape index (κ1) is 20.3. The fourth-order valence-electron chi connectivity index (χ4n) is 2.79. The van der Waals surface area contributed by atoms with E-state index in [2.05, 4.69) is 15.5 Å². The Morgan fingerprint density at radius 2 is 1.94 bits per heavy atom. The first-order valence-electron chi connectivity index (χ1n) is 8.91. The van der Waals surface area contributed by atoms with E-state index in [-0.39, 0.29) is 34.7 Å². The number of nitro groups is 1. The van der Waals surface area contributed by atoms with Crippen LogP contribution in [0.5, 0.6) is 0 Å². The van der Waals surface area contributed by atoms with Crippen LogP contribution in [0.15, 0.2) is 59.4 Å². The number of halogens is 2. The van der Waals surface area contributed by atoms with E-state index in [1.54, 1.807) is 24.4 Å². The molecule has 3 aromatic heterocycles. The standard InChI is InChI=1S/C19H14ClFN6O4/c20-16-11-26(8-12-1-3-13(21)4-2-12)24-18(16)23-19(28)17-6-5-15(31-17)10-25-9-14(7-22-25)27(29)30/h1-7,9,11H,8,10H2,(H,23,24,28). The number of benzene rings is 1. The van der Waals surface area contributed by atoms with Gasteiger partial charge in [-0.05, 0) is 29.8 Å². The van der Waals surface area contributed by atoms with E-state index in [9.17, 15) is 19.3 Å². The highest BCUT2D eigenvalue weighted by molar-refractivity contribution is 6.33. The van der Waals surface area contributed by atoms with Gasteiger partial charge in [0.2, 0.25) is 0 Å². The number of carbonyl (C=O) groups is 1. The lowest BCUT2D eigenvalue weighted by atomic mass is 10.2. The van der Waals surface area contributed by atoms with Crippen LogP contribution in [0.2, 0.25) is 5.02 Å². The molecule has 31 heavy (non-hydrogen) atoms. The summed E-state index contributed by atoms with van der Waals surface area (Å²) in [7, 11) is 0. The van der Waals surface area contributed by atoms with E-state index in [0.717, 1.165) is 11.8 Å². The number of amides is 1. The number of hydrogen-bond acceptors (Lipinski definition) is 6. The third-order valence-electron chi connectivity index (χ3n) is 4.24. The average Bonchev–Trinajstić information content (AvgIpc) is 3.45. The Balaban J connectivity index is 1.40. The molecule has 0 saturated heterocycles. The molecule has 3 heterocycles. The van der Waals surface area contributed by atoms with Crippen molar-refractivity contribution in [3.63, 3.8) is 0 Å². The average molecular weight is 445 g/mol. The molecule has 12 heteroatoms. The van der Waals surface area contributed by atoms with E-state index in [1.165, 1.54) is 33.8 Å². The number of carbonyl (C=O) groups excluding carboxylic acids is 1. The van der Waals surface area contributed by atoms with Crippen LogP contribution in [0, 0.1) is 15.9 Å². The van der Waals surface area contributed by atoms with E-state index >= 15 is 0 Å². The van der Waals surface area contributed by atoms with Crippen LogP contribution in [-0.2, 0) is 13.1 Å². The van der Waals surface area contributed by atoms with Gasteiger partial charge in [-0.15, -0.1) is 0 Å². The molecule has 0 fully saturated rings. The van der Waals surface area contributed by atoms with Crippen molar-refractivity contribution >= 4 is 29.0 Å². The maximum atomic E-state index is 13.0. The van der Waals surface area contributed by atoms with Crippen LogP contribution in [-0.4, -0.2) is 30.4 Å². The second kappa shape index (κ2) is 8.40. The summed E-state index contributed by atoms with van der Waals surface area (Å²) in [5, 5.41) is 21.6. The maximum absolute atomic E-state index is 13.0. The Kier molecular flexibility index (Phi) is 5.50. The van der Waals surface area contributed by atoms with Gasteiger partial charge < -0.3 is 9.73 Å². The van der Waals surface area contributed by atoms with Crippen molar-refractivity contribution < 1.29 is 18.5 Å². The number of aromatic nitrogens is 4. The Morgan fingerprint density at radius 3 is 2.65 bits per heavy atom. The largest absolute Gasteiger partial charge is 0.454 e. The van der Waals surface area contributed by atoms with E-state index in [1.807, 2.05) is 0 Å². The molecule has 1 amide bonds. The number of anilines is 1. The Hall–Kier alpha value is -3.99. The zero-order valence-corrected chi connectivity index (χ0v) is 16.5. The summed E-state index contributed by atoms with van der Waals surface area (Å²) in [5.41, 5.74) is 0.670. The SMILES string of the molecule is O=C(Nc1nn(Cc2ccc(F)cc2)cc1Cl)c1ccc(Cn2cc([N+](=O)[O-])cn2)o1. The van der Waals surface area contributed by atoms with Crippen molar-refractivity contribution in [2.24, 2.45) is 0 Å². The lowest BCUT2D eigenvalue weighted by Gasteiger charge is -2.02. The van der Waals surface area contributed by atoms with Crippen molar-refractivity contribution in [2.75, 3.05) is 5.32 Å². The summed E-state index contributed by atoms with van der Waals surface area (Å²) < 4.78 is 21.4. The van der Waals surface area contributed by atoms with Crippen molar-refractivity contribution in [1.29, 1.82) is 0 Å². The zero-order valence-electron chi connectivity index (χ0n) is 15.7. The van der Waals surface area contributed by atoms with Crippen LogP contribution in [0.4, 0.5) is 15.9 Å². The molecular formula is C19H14ClFN6O4. The summed E-state index contributed by atoms with van der Waals surface area (Å²) in [5.74, 6) is -0.350. The van der Waals surface area contributed by atoms with Crippen molar-refractivity contribution in [3.05, 3.63) is 93.0 Å². The topological polar surface area (TPSA) is 121 Å². The fourth-order valence-corrected chi connectivity index (χ4v) is 2.98. The molecule has 158 valence electrons.